The number of nitrogens with one attached hydrogen (secondary N) is 1. The average Bonchev–Trinajstić information content (AvgIpc) is 2.80. The van der Waals surface area contributed by atoms with Crippen LogP contribution in [0.2, 0.25) is 0 Å². The van der Waals surface area contributed by atoms with E-state index in [0.717, 1.165) is 6.42 Å². The number of nitrogens with zero attached hydrogens (tertiary/aromatic N) is 1. The fourth-order valence-corrected chi connectivity index (χ4v) is 3.21. The number of aliphatic hydroxyl groups is 1. The zero-order chi connectivity index (χ0) is 15.2. The molecule has 1 heterocycles. The lowest BCUT2D eigenvalue weighted by atomic mass is 10.4. The molecule has 1 unspecified atom stereocenters. The summed E-state index contributed by atoms with van der Waals surface area (Å²) >= 11 is 0. The van der Waals surface area contributed by atoms with Crippen molar-refractivity contribution in [3.63, 3.8) is 0 Å². The van der Waals surface area contributed by atoms with Gasteiger partial charge in [0.15, 0.2) is 0 Å². The number of aromatic nitrogens is 1. The van der Waals surface area contributed by atoms with E-state index in [9.17, 15) is 13.5 Å². The van der Waals surface area contributed by atoms with E-state index < -0.39 is 10.0 Å². The maximum absolute atomic E-state index is 12.2. The van der Waals surface area contributed by atoms with Crippen LogP contribution in [0.25, 0.3) is 0 Å². The summed E-state index contributed by atoms with van der Waals surface area (Å²) in [4.78, 5) is 0.179. The van der Waals surface area contributed by atoms with Crippen molar-refractivity contribution >= 4 is 10.0 Å². The zero-order valence-corrected chi connectivity index (χ0v) is 13.1. The van der Waals surface area contributed by atoms with Gasteiger partial charge in [-0.25, -0.2) is 13.1 Å². The van der Waals surface area contributed by atoms with Crippen LogP contribution < -0.4 is 4.72 Å². The monoisotopic (exact) mass is 304 g/mol. The molecule has 0 fully saturated rings. The second-order valence-corrected chi connectivity index (χ2v) is 6.41. The molecule has 0 aromatic carbocycles. The highest BCUT2D eigenvalue weighted by Gasteiger charge is 2.20. The molecule has 20 heavy (non-hydrogen) atoms. The molecular formula is C13H24N2O4S. The molecule has 1 rings (SSSR count). The molecule has 0 aliphatic heterocycles. The number of rotatable bonds is 9. The Morgan fingerprint density at radius 1 is 1.45 bits per heavy atom. The van der Waals surface area contributed by atoms with Crippen LogP contribution in [-0.2, 0) is 27.9 Å². The third-order valence-electron chi connectivity index (χ3n) is 2.83. The average molecular weight is 304 g/mol. The van der Waals surface area contributed by atoms with Gasteiger partial charge in [-0.1, -0.05) is 6.92 Å². The Hall–Kier alpha value is -0.890. The van der Waals surface area contributed by atoms with Gasteiger partial charge < -0.3 is 14.4 Å². The number of ether oxygens (including phenoxy) is 1. The smallest absolute Gasteiger partial charge is 0.242 e. The van der Waals surface area contributed by atoms with Gasteiger partial charge in [-0.05, 0) is 26.3 Å². The Morgan fingerprint density at radius 3 is 2.70 bits per heavy atom. The standard InChI is InChI=1S/C13H24N2O4S/c1-4-6-15-8-13(7-12(15)9-16)20(17,18)14-11(3)10-19-5-2/h7-8,11,14,16H,4-6,9-10H2,1-3H3. The normalized spacial score (nSPS) is 13.6. The minimum Gasteiger partial charge on any atom is -0.390 e. The summed E-state index contributed by atoms with van der Waals surface area (Å²) in [6.45, 7) is 7.00. The highest BCUT2D eigenvalue weighted by Crippen LogP contribution is 2.15. The minimum atomic E-state index is -3.58. The van der Waals surface area contributed by atoms with Gasteiger partial charge in [-0.2, -0.15) is 0 Å². The van der Waals surface area contributed by atoms with Gasteiger partial charge >= 0.3 is 0 Å². The highest BCUT2D eigenvalue weighted by atomic mass is 32.2. The molecule has 0 aliphatic carbocycles. The van der Waals surface area contributed by atoms with Crippen LogP contribution in [0.3, 0.4) is 0 Å². The number of hydrogen-bond acceptors (Lipinski definition) is 4. The first kappa shape index (κ1) is 17.2. The molecule has 1 aromatic rings. The first-order valence-electron chi connectivity index (χ1n) is 6.84. The van der Waals surface area contributed by atoms with Crippen molar-refractivity contribution in [1.82, 2.24) is 9.29 Å². The summed E-state index contributed by atoms with van der Waals surface area (Å²) in [6, 6.07) is 1.21. The summed E-state index contributed by atoms with van der Waals surface area (Å²) in [6.07, 6.45) is 2.43. The van der Waals surface area contributed by atoms with Crippen molar-refractivity contribution < 1.29 is 18.3 Å². The van der Waals surface area contributed by atoms with E-state index in [-0.39, 0.29) is 17.5 Å². The molecule has 116 valence electrons. The zero-order valence-electron chi connectivity index (χ0n) is 12.3. The molecule has 0 amide bonds. The first-order chi connectivity index (χ1) is 9.44. The summed E-state index contributed by atoms with van der Waals surface area (Å²) in [5.74, 6) is 0. The minimum absolute atomic E-state index is 0.177. The van der Waals surface area contributed by atoms with Gasteiger partial charge in [-0.3, -0.25) is 0 Å². The summed E-state index contributed by atoms with van der Waals surface area (Å²) in [7, 11) is -3.58. The Morgan fingerprint density at radius 2 is 2.15 bits per heavy atom. The van der Waals surface area contributed by atoms with E-state index in [2.05, 4.69) is 4.72 Å². The van der Waals surface area contributed by atoms with Gasteiger partial charge in [-0.15, -0.1) is 0 Å². The summed E-state index contributed by atoms with van der Waals surface area (Å²) < 4.78 is 34.0. The molecular weight excluding hydrogens is 280 g/mol. The van der Waals surface area contributed by atoms with Crippen LogP contribution in [0.1, 0.15) is 32.9 Å². The highest BCUT2D eigenvalue weighted by molar-refractivity contribution is 7.89. The van der Waals surface area contributed by atoms with E-state index in [1.54, 1.807) is 17.7 Å². The van der Waals surface area contributed by atoms with Crippen molar-refractivity contribution in [1.29, 1.82) is 0 Å². The van der Waals surface area contributed by atoms with Crippen molar-refractivity contribution in [2.24, 2.45) is 0 Å². The van der Waals surface area contributed by atoms with Gasteiger partial charge in [0.1, 0.15) is 0 Å². The van der Waals surface area contributed by atoms with Crippen LogP contribution in [0, 0.1) is 0 Å². The van der Waals surface area contributed by atoms with Crippen LogP contribution in [-0.4, -0.2) is 37.3 Å². The maximum atomic E-state index is 12.2. The second kappa shape index (κ2) is 7.78. The molecule has 0 radical (unpaired) electrons. The SMILES string of the molecule is CCCn1cc(S(=O)(=O)NC(C)COCC)cc1CO. The van der Waals surface area contributed by atoms with E-state index in [1.807, 2.05) is 13.8 Å². The van der Waals surface area contributed by atoms with Gasteiger partial charge in [0.25, 0.3) is 0 Å². The van der Waals surface area contributed by atoms with Crippen molar-refractivity contribution in [2.45, 2.75) is 51.3 Å². The molecule has 0 aliphatic rings. The van der Waals surface area contributed by atoms with Gasteiger partial charge in [0.2, 0.25) is 10.0 Å². The molecule has 1 aromatic heterocycles. The first-order valence-corrected chi connectivity index (χ1v) is 8.32. The number of aliphatic hydroxyl groups excluding tert-OH is 1. The molecule has 0 bridgehead atoms. The topological polar surface area (TPSA) is 80.6 Å². The lowest BCUT2D eigenvalue weighted by Gasteiger charge is -2.13. The van der Waals surface area contributed by atoms with E-state index in [0.29, 0.717) is 25.5 Å². The lowest BCUT2D eigenvalue weighted by Crippen LogP contribution is -2.35. The molecule has 1 atom stereocenters. The third kappa shape index (κ3) is 4.59. The molecule has 0 saturated carbocycles. The number of hydrogen-bond donors (Lipinski definition) is 2. The summed E-state index contributed by atoms with van der Waals surface area (Å²) in [5.41, 5.74) is 0.602. The van der Waals surface area contributed by atoms with Crippen LogP contribution >= 0.6 is 0 Å². The van der Waals surface area contributed by atoms with Gasteiger partial charge in [0.05, 0.1) is 18.1 Å². The fourth-order valence-electron chi connectivity index (χ4n) is 1.91. The second-order valence-electron chi connectivity index (χ2n) is 4.70. The molecule has 0 spiro atoms. The quantitative estimate of drug-likeness (QED) is 0.716. The number of sulfonamides is 1. The van der Waals surface area contributed by atoms with E-state index >= 15 is 0 Å². The molecule has 7 heteroatoms. The summed E-state index contributed by atoms with van der Waals surface area (Å²) in [5, 5.41) is 9.27. The molecule has 6 nitrogen and oxygen atoms in total. The van der Waals surface area contributed by atoms with Crippen molar-refractivity contribution in [2.75, 3.05) is 13.2 Å². The Kier molecular flexibility index (Phi) is 6.67. The van der Waals surface area contributed by atoms with E-state index in [4.69, 9.17) is 4.74 Å². The van der Waals surface area contributed by atoms with E-state index in [1.165, 1.54) is 6.07 Å². The number of aryl methyl sites for hydroxylation is 1. The Bertz CT molecular complexity index is 510. The fraction of sp³-hybridized carbons (Fsp3) is 0.692. The van der Waals surface area contributed by atoms with Crippen molar-refractivity contribution in [3.8, 4) is 0 Å². The van der Waals surface area contributed by atoms with Crippen LogP contribution in [0.4, 0.5) is 0 Å². The Balaban J connectivity index is 2.86. The van der Waals surface area contributed by atoms with Gasteiger partial charge in [0, 0.05) is 31.1 Å². The largest absolute Gasteiger partial charge is 0.390 e. The van der Waals surface area contributed by atoms with Crippen molar-refractivity contribution in [3.05, 3.63) is 18.0 Å². The predicted octanol–water partition coefficient (Wildman–Crippen LogP) is 1.09. The third-order valence-corrected chi connectivity index (χ3v) is 4.38. The Labute approximate surface area is 120 Å². The maximum Gasteiger partial charge on any atom is 0.242 e. The van der Waals surface area contributed by atoms with Crippen LogP contribution in [0.15, 0.2) is 17.2 Å². The van der Waals surface area contributed by atoms with Crippen LogP contribution in [0.5, 0.6) is 0 Å². The molecule has 0 saturated heterocycles. The molecule has 2 N–H and O–H groups in total. The predicted molar refractivity (Wildman–Crippen MR) is 76.9 cm³/mol. The lowest BCUT2D eigenvalue weighted by molar-refractivity contribution is 0.133.